The molecule has 0 radical (unpaired) electrons. The molecule has 1 fully saturated rings. The van der Waals surface area contributed by atoms with Crippen molar-refractivity contribution in [1.29, 1.82) is 0 Å². The summed E-state index contributed by atoms with van der Waals surface area (Å²) in [5.74, 6) is -0.895. The second-order valence-corrected chi connectivity index (χ2v) is 13.2. The molecule has 2 atom stereocenters. The number of carbonyl (C=O) groups is 2. The highest BCUT2D eigenvalue weighted by molar-refractivity contribution is 7.94. The monoisotopic (exact) mass is 563 g/mol. The molecule has 206 valence electrons. The lowest BCUT2D eigenvalue weighted by atomic mass is 10.0. The molecular formula is C26H33N3O7S2. The van der Waals surface area contributed by atoms with Crippen molar-refractivity contribution < 1.29 is 31.2 Å². The number of amides is 2. The van der Waals surface area contributed by atoms with Crippen LogP contribution in [-0.2, 0) is 35.6 Å². The van der Waals surface area contributed by atoms with E-state index in [1.165, 1.54) is 18.2 Å². The van der Waals surface area contributed by atoms with Gasteiger partial charge in [0.05, 0.1) is 29.9 Å². The Morgan fingerprint density at radius 2 is 1.66 bits per heavy atom. The van der Waals surface area contributed by atoms with Crippen LogP contribution in [0.15, 0.2) is 71.0 Å². The Morgan fingerprint density at radius 3 is 2.26 bits per heavy atom. The van der Waals surface area contributed by atoms with Gasteiger partial charge in [0.15, 0.2) is 9.84 Å². The van der Waals surface area contributed by atoms with E-state index in [0.29, 0.717) is 31.9 Å². The Labute approximate surface area is 223 Å². The molecule has 0 aliphatic carbocycles. The molecule has 1 aliphatic rings. The number of nitrogens with two attached hydrogens (primary N) is 1. The van der Waals surface area contributed by atoms with Crippen LogP contribution in [0.2, 0.25) is 0 Å². The highest BCUT2D eigenvalue weighted by Gasteiger charge is 2.21. The number of morpholine rings is 1. The van der Waals surface area contributed by atoms with Crippen molar-refractivity contribution in [1.82, 2.24) is 10.2 Å². The van der Waals surface area contributed by atoms with Crippen LogP contribution in [-0.4, -0.2) is 83.9 Å². The lowest BCUT2D eigenvalue weighted by Crippen LogP contribution is -2.46. The first kappa shape index (κ1) is 29.5. The van der Waals surface area contributed by atoms with E-state index in [2.05, 4.69) is 5.32 Å². The summed E-state index contributed by atoms with van der Waals surface area (Å²) in [6.07, 6.45) is 2.48. The average molecular weight is 564 g/mol. The largest absolute Gasteiger partial charge is 0.378 e. The molecule has 1 aliphatic heterocycles. The van der Waals surface area contributed by atoms with E-state index in [1.54, 1.807) is 47.4 Å². The smallest absolute Gasteiger partial charge is 0.254 e. The zero-order chi connectivity index (χ0) is 27.8. The van der Waals surface area contributed by atoms with Gasteiger partial charge in [-0.1, -0.05) is 36.4 Å². The number of nitrogens with one attached hydrogen (secondary N) is 1. The summed E-state index contributed by atoms with van der Waals surface area (Å²) >= 11 is 0. The topological polar surface area (TPSA) is 153 Å². The van der Waals surface area contributed by atoms with E-state index < -0.39 is 37.7 Å². The van der Waals surface area contributed by atoms with E-state index in [0.717, 1.165) is 17.2 Å². The SMILES string of the molecule is CS(=O)(=O)CC[C@@H](/C=C/S(=O)(=O)c1ccccc1)NC(=O)[C@@H](N)Cc1ccc(C(=O)N2CCOCC2)cc1. The minimum absolute atomic E-state index is 0.0174. The standard InChI is InChI=1S/C26H33N3O7S2/c1-37(32,33)17-11-22(12-18-38(34,35)23-5-3-2-4-6-23)28-25(30)24(27)19-20-7-9-21(10-8-20)26(31)29-13-15-36-16-14-29/h2-10,12,18,22,24H,11,13-17,19,27H2,1H3,(H,28,30)/b18-12+/t22-,24-/m0/s1. The molecule has 3 N–H and O–H groups in total. The fourth-order valence-electron chi connectivity index (χ4n) is 3.81. The molecular weight excluding hydrogens is 530 g/mol. The second-order valence-electron chi connectivity index (χ2n) is 9.13. The number of carbonyl (C=O) groups excluding carboxylic acids is 2. The third-order valence-corrected chi connectivity index (χ3v) is 8.40. The highest BCUT2D eigenvalue weighted by Crippen LogP contribution is 2.13. The molecule has 2 amide bonds. The number of nitrogens with zero attached hydrogens (tertiary/aromatic N) is 1. The van der Waals surface area contributed by atoms with Crippen molar-refractivity contribution in [2.45, 2.75) is 29.8 Å². The van der Waals surface area contributed by atoms with Gasteiger partial charge >= 0.3 is 0 Å². The summed E-state index contributed by atoms with van der Waals surface area (Å²) < 4.78 is 53.8. The number of rotatable bonds is 11. The van der Waals surface area contributed by atoms with Crippen LogP contribution >= 0.6 is 0 Å². The number of hydrogen-bond acceptors (Lipinski definition) is 8. The van der Waals surface area contributed by atoms with Crippen LogP contribution in [0, 0.1) is 0 Å². The van der Waals surface area contributed by atoms with Crippen molar-refractivity contribution in [3.05, 3.63) is 77.2 Å². The third kappa shape index (κ3) is 9.05. The number of hydrogen-bond donors (Lipinski definition) is 2. The molecule has 2 aromatic carbocycles. The average Bonchev–Trinajstić information content (AvgIpc) is 2.90. The molecule has 38 heavy (non-hydrogen) atoms. The summed E-state index contributed by atoms with van der Waals surface area (Å²) in [5, 5.41) is 3.62. The van der Waals surface area contributed by atoms with Gasteiger partial charge in [0.2, 0.25) is 5.91 Å². The Hall–Kier alpha value is -3.06. The maximum absolute atomic E-state index is 12.8. The Morgan fingerprint density at radius 1 is 1.03 bits per heavy atom. The van der Waals surface area contributed by atoms with Crippen LogP contribution in [0.1, 0.15) is 22.3 Å². The highest BCUT2D eigenvalue weighted by atomic mass is 32.2. The Bertz CT molecular complexity index is 1340. The van der Waals surface area contributed by atoms with E-state index >= 15 is 0 Å². The minimum Gasteiger partial charge on any atom is -0.378 e. The van der Waals surface area contributed by atoms with Gasteiger partial charge in [-0.25, -0.2) is 16.8 Å². The number of sulfone groups is 2. The lowest BCUT2D eigenvalue weighted by Gasteiger charge is -2.26. The molecule has 0 aromatic heterocycles. The van der Waals surface area contributed by atoms with E-state index in [1.807, 2.05) is 0 Å². The summed E-state index contributed by atoms with van der Waals surface area (Å²) in [5.41, 5.74) is 7.37. The van der Waals surface area contributed by atoms with Gasteiger partial charge in [-0.05, 0) is 42.7 Å². The zero-order valence-corrected chi connectivity index (χ0v) is 22.8. The second kappa shape index (κ2) is 13.1. The predicted molar refractivity (Wildman–Crippen MR) is 144 cm³/mol. The zero-order valence-electron chi connectivity index (χ0n) is 21.2. The Kier molecular flexibility index (Phi) is 10.2. The van der Waals surface area contributed by atoms with Gasteiger partial charge in [0.25, 0.3) is 5.91 Å². The van der Waals surface area contributed by atoms with Crippen LogP contribution < -0.4 is 11.1 Å². The van der Waals surface area contributed by atoms with Crippen LogP contribution in [0.5, 0.6) is 0 Å². The van der Waals surface area contributed by atoms with Crippen molar-refractivity contribution in [3.63, 3.8) is 0 Å². The number of ether oxygens (including phenoxy) is 1. The maximum atomic E-state index is 12.8. The molecule has 1 heterocycles. The minimum atomic E-state index is -3.78. The van der Waals surface area contributed by atoms with Crippen LogP contribution in [0.4, 0.5) is 0 Å². The first-order valence-electron chi connectivity index (χ1n) is 12.1. The molecule has 0 saturated carbocycles. The van der Waals surface area contributed by atoms with Crippen molar-refractivity contribution in [2.24, 2.45) is 5.73 Å². The van der Waals surface area contributed by atoms with Gasteiger partial charge in [-0.3, -0.25) is 9.59 Å². The first-order chi connectivity index (χ1) is 17.9. The van der Waals surface area contributed by atoms with E-state index in [9.17, 15) is 26.4 Å². The summed E-state index contributed by atoms with van der Waals surface area (Å²) in [4.78, 5) is 27.2. The van der Waals surface area contributed by atoms with Crippen molar-refractivity contribution >= 4 is 31.5 Å². The lowest BCUT2D eigenvalue weighted by molar-refractivity contribution is -0.122. The van der Waals surface area contributed by atoms with Crippen LogP contribution in [0.3, 0.4) is 0 Å². The van der Waals surface area contributed by atoms with Gasteiger partial charge < -0.3 is 20.7 Å². The van der Waals surface area contributed by atoms with Gasteiger partial charge in [-0.15, -0.1) is 0 Å². The predicted octanol–water partition coefficient (Wildman–Crippen LogP) is 0.936. The first-order valence-corrected chi connectivity index (χ1v) is 15.7. The normalized spacial score (nSPS) is 16.2. The summed E-state index contributed by atoms with van der Waals surface area (Å²) in [6.45, 7) is 2.08. The molecule has 0 bridgehead atoms. The molecule has 10 nitrogen and oxygen atoms in total. The molecule has 0 unspecified atom stereocenters. The molecule has 3 rings (SSSR count). The molecule has 12 heteroatoms. The number of benzene rings is 2. The van der Waals surface area contributed by atoms with Gasteiger partial charge in [0.1, 0.15) is 9.84 Å². The quantitative estimate of drug-likeness (QED) is 0.410. The maximum Gasteiger partial charge on any atom is 0.254 e. The van der Waals surface area contributed by atoms with Crippen molar-refractivity contribution in [3.8, 4) is 0 Å². The van der Waals surface area contributed by atoms with E-state index in [-0.39, 0.29) is 29.4 Å². The fourth-order valence-corrected chi connectivity index (χ4v) is 5.59. The molecule has 1 saturated heterocycles. The molecule has 2 aromatic rings. The third-order valence-electron chi connectivity index (χ3n) is 5.98. The van der Waals surface area contributed by atoms with E-state index in [4.69, 9.17) is 10.5 Å². The van der Waals surface area contributed by atoms with Gasteiger partial charge in [-0.2, -0.15) is 0 Å². The van der Waals surface area contributed by atoms with Crippen LogP contribution in [0.25, 0.3) is 0 Å². The fraction of sp³-hybridized carbons (Fsp3) is 0.385. The van der Waals surface area contributed by atoms with Gasteiger partial charge in [0, 0.05) is 36.4 Å². The molecule has 0 spiro atoms. The summed E-state index contributed by atoms with van der Waals surface area (Å²) in [6, 6.07) is 12.7. The Balaban J connectivity index is 1.64. The summed E-state index contributed by atoms with van der Waals surface area (Å²) in [7, 11) is -7.14. The van der Waals surface area contributed by atoms with Crippen molar-refractivity contribution in [2.75, 3.05) is 38.3 Å².